The third kappa shape index (κ3) is 4.08. The van der Waals surface area contributed by atoms with E-state index in [9.17, 15) is 0 Å². The predicted octanol–water partition coefficient (Wildman–Crippen LogP) is 4.59. The van der Waals surface area contributed by atoms with E-state index in [1.54, 1.807) is 0 Å². The first-order valence-electron chi connectivity index (χ1n) is 6.86. The molecular formula is C12H31Ge2N. The van der Waals surface area contributed by atoms with Crippen molar-refractivity contribution in [3.63, 3.8) is 0 Å². The summed E-state index contributed by atoms with van der Waals surface area (Å²) in [5.74, 6) is 0. The van der Waals surface area contributed by atoms with Crippen LogP contribution >= 0.6 is 0 Å². The van der Waals surface area contributed by atoms with E-state index in [2.05, 4.69) is 44.8 Å². The molecule has 0 fully saturated rings. The molecule has 0 aromatic rings. The van der Waals surface area contributed by atoms with Gasteiger partial charge in [0.05, 0.1) is 0 Å². The maximum absolute atomic E-state index is 4.35. The topological polar surface area (TPSA) is 12.0 Å². The molecule has 0 radical (unpaired) electrons. The zero-order chi connectivity index (χ0) is 11.9. The molecule has 0 amide bonds. The van der Waals surface area contributed by atoms with E-state index in [0.29, 0.717) is 0 Å². The summed E-state index contributed by atoms with van der Waals surface area (Å²) in [6, 6.07) is 0. The average Bonchev–Trinajstić information content (AvgIpc) is 2.33. The summed E-state index contributed by atoms with van der Waals surface area (Å²) in [6.07, 6.45) is 0. The molecule has 0 aliphatic rings. The maximum atomic E-state index is 4.35. The van der Waals surface area contributed by atoms with Gasteiger partial charge >= 0.3 is 103 Å². The number of hydrogen-bond acceptors (Lipinski definition) is 1. The van der Waals surface area contributed by atoms with Gasteiger partial charge in [-0.15, -0.1) is 0 Å². The van der Waals surface area contributed by atoms with Crippen LogP contribution in [0.5, 0.6) is 0 Å². The van der Waals surface area contributed by atoms with Gasteiger partial charge in [-0.25, -0.2) is 0 Å². The Bertz CT molecular complexity index is 128. The van der Waals surface area contributed by atoms with Gasteiger partial charge in [0.25, 0.3) is 0 Å². The molecule has 0 saturated heterocycles. The van der Waals surface area contributed by atoms with Gasteiger partial charge in [-0.05, 0) is 0 Å². The van der Waals surface area contributed by atoms with E-state index in [1.165, 1.54) is 31.5 Å². The van der Waals surface area contributed by atoms with Crippen LogP contribution in [0, 0.1) is 0 Å². The summed E-state index contributed by atoms with van der Waals surface area (Å²) in [4.78, 5) is 0. The molecule has 0 aliphatic carbocycles. The predicted molar refractivity (Wildman–Crippen MR) is 77.5 cm³/mol. The van der Waals surface area contributed by atoms with Crippen LogP contribution in [-0.2, 0) is 0 Å². The molecule has 0 bridgehead atoms. The van der Waals surface area contributed by atoms with Crippen molar-refractivity contribution < 1.29 is 0 Å². The van der Waals surface area contributed by atoms with Gasteiger partial charge in [0, 0.05) is 0 Å². The van der Waals surface area contributed by atoms with Crippen molar-refractivity contribution in [2.45, 2.75) is 73.1 Å². The van der Waals surface area contributed by atoms with Crippen molar-refractivity contribution >= 4 is 27.0 Å². The molecule has 0 saturated carbocycles. The molecule has 1 N–H and O–H groups in total. The summed E-state index contributed by atoms with van der Waals surface area (Å²) in [7, 11) is 0. The first kappa shape index (κ1) is 16.0. The first-order valence-corrected chi connectivity index (χ1v) is 17.9. The van der Waals surface area contributed by atoms with Gasteiger partial charge in [-0.3, -0.25) is 0 Å². The summed E-state index contributed by atoms with van der Waals surface area (Å²) in [5, 5.41) is 8.83. The molecule has 0 heterocycles. The SMILES string of the molecule is C[CH2][Ge]([CH2]C)([CH2]C)[NH][Ge]([CH2]C)([CH2]C)[CH2]C. The minimum atomic E-state index is -1.62. The molecule has 3 heteroatoms. The van der Waals surface area contributed by atoms with Crippen molar-refractivity contribution in [3.05, 3.63) is 0 Å². The molecule has 0 aromatic carbocycles. The third-order valence-corrected chi connectivity index (χ3v) is 35.4. The van der Waals surface area contributed by atoms with Gasteiger partial charge < -0.3 is 0 Å². The van der Waals surface area contributed by atoms with Crippen molar-refractivity contribution in [1.82, 2.24) is 3.23 Å². The van der Waals surface area contributed by atoms with Crippen LogP contribution in [0.1, 0.15) is 41.5 Å². The van der Waals surface area contributed by atoms with Crippen molar-refractivity contribution in [2.24, 2.45) is 0 Å². The molecule has 0 aliphatic heterocycles. The Hall–Kier alpha value is 1.05. The molecule has 0 rings (SSSR count). The van der Waals surface area contributed by atoms with E-state index in [0.717, 1.165) is 0 Å². The Morgan fingerprint density at radius 3 is 0.867 bits per heavy atom. The molecule has 15 heavy (non-hydrogen) atoms. The first-order chi connectivity index (χ1) is 7.07. The summed E-state index contributed by atoms with van der Waals surface area (Å²) < 4.78 is 4.35. The van der Waals surface area contributed by atoms with Gasteiger partial charge in [0.15, 0.2) is 0 Å². The number of hydrogen-bond donors (Lipinski definition) is 1. The Labute approximate surface area is 103 Å². The van der Waals surface area contributed by atoms with Crippen LogP contribution in [0.4, 0.5) is 0 Å². The van der Waals surface area contributed by atoms with Crippen LogP contribution < -0.4 is 3.23 Å². The van der Waals surface area contributed by atoms with Crippen LogP contribution in [0.15, 0.2) is 0 Å². The zero-order valence-electron chi connectivity index (χ0n) is 11.7. The molecular weight excluding hydrogens is 303 g/mol. The standard InChI is InChI=1S/C12H31Ge2N/c1-7-13(8-2,9-3)15-14(10-4,11-5)12-6/h15H,7-12H2,1-6H3. The Kier molecular flexibility index (Phi) is 7.90. The second-order valence-corrected chi connectivity index (χ2v) is 27.7. The normalized spacial score (nSPS) is 13.2. The van der Waals surface area contributed by atoms with Crippen molar-refractivity contribution in [2.75, 3.05) is 0 Å². The van der Waals surface area contributed by atoms with E-state index in [1.807, 2.05) is 0 Å². The van der Waals surface area contributed by atoms with Gasteiger partial charge in [0.2, 0.25) is 0 Å². The molecule has 0 atom stereocenters. The molecule has 0 spiro atoms. The van der Waals surface area contributed by atoms with Crippen LogP contribution in [0.3, 0.4) is 0 Å². The Morgan fingerprint density at radius 2 is 0.733 bits per heavy atom. The van der Waals surface area contributed by atoms with E-state index in [4.69, 9.17) is 0 Å². The van der Waals surface area contributed by atoms with Crippen LogP contribution in [-0.4, -0.2) is 27.0 Å². The van der Waals surface area contributed by atoms with Crippen molar-refractivity contribution in [1.29, 1.82) is 0 Å². The fourth-order valence-corrected chi connectivity index (χ4v) is 37.3. The molecule has 0 aromatic heterocycles. The molecule has 1 nitrogen and oxygen atoms in total. The molecule has 92 valence electrons. The second kappa shape index (κ2) is 7.39. The van der Waals surface area contributed by atoms with E-state index in [-0.39, 0.29) is 0 Å². The minimum absolute atomic E-state index is 1.47. The van der Waals surface area contributed by atoms with E-state index >= 15 is 0 Å². The second-order valence-electron chi connectivity index (χ2n) is 4.81. The van der Waals surface area contributed by atoms with Gasteiger partial charge in [-0.2, -0.15) is 0 Å². The quantitative estimate of drug-likeness (QED) is 0.640. The summed E-state index contributed by atoms with van der Waals surface area (Å²) in [6.45, 7) is 14.5. The van der Waals surface area contributed by atoms with E-state index < -0.39 is 27.0 Å². The summed E-state index contributed by atoms with van der Waals surface area (Å²) in [5.41, 5.74) is 0. The fraction of sp³-hybridized carbons (Fsp3) is 1.00. The third-order valence-electron chi connectivity index (χ3n) is 4.59. The van der Waals surface area contributed by atoms with Crippen LogP contribution in [0.25, 0.3) is 0 Å². The number of nitrogens with one attached hydrogen (secondary N) is 1. The number of rotatable bonds is 8. The molecule has 0 unspecified atom stereocenters. The van der Waals surface area contributed by atoms with Crippen molar-refractivity contribution in [3.8, 4) is 0 Å². The average molecular weight is 335 g/mol. The Balaban J connectivity index is 4.74. The zero-order valence-corrected chi connectivity index (χ0v) is 15.9. The van der Waals surface area contributed by atoms with Crippen LogP contribution in [0.2, 0.25) is 31.5 Å². The fourth-order valence-electron chi connectivity index (χ4n) is 2.59. The monoisotopic (exact) mass is 337 g/mol. The Morgan fingerprint density at radius 1 is 0.533 bits per heavy atom. The van der Waals surface area contributed by atoms with Gasteiger partial charge in [-0.1, -0.05) is 0 Å². The summed E-state index contributed by atoms with van der Waals surface area (Å²) >= 11 is -3.24. The van der Waals surface area contributed by atoms with Gasteiger partial charge in [0.1, 0.15) is 0 Å².